The maximum absolute atomic E-state index is 13.2. The minimum Gasteiger partial charge on any atom is -0.396 e. The number of aromatic nitrogens is 1. The lowest BCUT2D eigenvalue weighted by atomic mass is 10.3. The van der Waals surface area contributed by atoms with Gasteiger partial charge in [0.15, 0.2) is 0 Å². The van der Waals surface area contributed by atoms with Crippen LogP contribution in [-0.4, -0.2) is 19.9 Å². The van der Waals surface area contributed by atoms with E-state index >= 15 is 0 Å². The molecular formula is C12H13BrFN3O2S2. The molecule has 0 amide bonds. The second kappa shape index (κ2) is 6.39. The maximum atomic E-state index is 13.2. The number of nitrogens with zero attached hydrogens (tertiary/aromatic N) is 1. The highest BCUT2D eigenvalue weighted by atomic mass is 79.9. The Bertz CT molecular complexity index is 762. The fourth-order valence-corrected chi connectivity index (χ4v) is 4.39. The van der Waals surface area contributed by atoms with Crippen LogP contribution in [0.5, 0.6) is 0 Å². The van der Waals surface area contributed by atoms with Crippen LogP contribution < -0.4 is 10.5 Å². The van der Waals surface area contributed by atoms with Crippen molar-refractivity contribution in [2.45, 2.75) is 18.2 Å². The van der Waals surface area contributed by atoms with E-state index in [1.165, 1.54) is 11.3 Å². The van der Waals surface area contributed by atoms with Gasteiger partial charge in [-0.25, -0.2) is 22.5 Å². The predicted octanol–water partition coefficient (Wildman–Crippen LogP) is 2.46. The molecule has 0 aliphatic rings. The molecule has 3 N–H and O–H groups in total. The highest BCUT2D eigenvalue weighted by Crippen LogP contribution is 2.26. The van der Waals surface area contributed by atoms with Gasteiger partial charge in [0.25, 0.3) is 0 Å². The quantitative estimate of drug-likeness (QED) is 0.763. The molecule has 5 nitrogen and oxygen atoms in total. The summed E-state index contributed by atoms with van der Waals surface area (Å²) in [4.78, 5) is 4.16. The first-order chi connectivity index (χ1) is 9.79. The first-order valence-corrected chi connectivity index (χ1v) is 9.10. The third-order valence-electron chi connectivity index (χ3n) is 2.68. The molecule has 0 aliphatic heterocycles. The average molecular weight is 394 g/mol. The molecule has 1 heterocycles. The Morgan fingerprint density at radius 3 is 2.81 bits per heavy atom. The Morgan fingerprint density at radius 1 is 1.48 bits per heavy atom. The standard InChI is InChI=1S/C12H13BrFN3O2S2/c1-7-17-8(6-20-7)2-3-16-21(18,19)12-5-11(15)10(14)4-9(12)13/h4-6,16H,2-3,15H2,1H3. The molecule has 21 heavy (non-hydrogen) atoms. The van der Waals surface area contributed by atoms with Gasteiger partial charge in [-0.2, -0.15) is 0 Å². The van der Waals surface area contributed by atoms with E-state index in [-0.39, 0.29) is 21.6 Å². The highest BCUT2D eigenvalue weighted by Gasteiger charge is 2.19. The van der Waals surface area contributed by atoms with Gasteiger partial charge in [-0.1, -0.05) is 0 Å². The zero-order valence-corrected chi connectivity index (χ0v) is 14.3. The number of nitrogens with one attached hydrogen (secondary N) is 1. The molecule has 0 unspecified atom stereocenters. The number of hydrogen-bond acceptors (Lipinski definition) is 5. The Labute approximate surface area is 134 Å². The topological polar surface area (TPSA) is 85.1 Å². The van der Waals surface area contributed by atoms with Crippen molar-refractivity contribution in [1.29, 1.82) is 0 Å². The zero-order chi connectivity index (χ0) is 15.6. The van der Waals surface area contributed by atoms with E-state index in [0.29, 0.717) is 6.42 Å². The van der Waals surface area contributed by atoms with Gasteiger partial charge in [-0.05, 0) is 35.0 Å². The van der Waals surface area contributed by atoms with Crippen LogP contribution in [-0.2, 0) is 16.4 Å². The molecule has 114 valence electrons. The largest absolute Gasteiger partial charge is 0.396 e. The maximum Gasteiger partial charge on any atom is 0.241 e. The Hall–Kier alpha value is -1.03. The van der Waals surface area contributed by atoms with Crippen LogP contribution in [0.25, 0.3) is 0 Å². The third-order valence-corrected chi connectivity index (χ3v) is 5.92. The van der Waals surface area contributed by atoms with Crippen LogP contribution in [0.3, 0.4) is 0 Å². The molecule has 0 aliphatic carbocycles. The minimum absolute atomic E-state index is 0.0872. The summed E-state index contributed by atoms with van der Waals surface area (Å²) in [5.74, 6) is -0.668. The van der Waals surface area contributed by atoms with Gasteiger partial charge in [0.05, 0.1) is 21.3 Å². The summed E-state index contributed by atoms with van der Waals surface area (Å²) in [5.41, 5.74) is 6.03. The third kappa shape index (κ3) is 4.00. The molecular weight excluding hydrogens is 381 g/mol. The molecule has 2 aromatic rings. The second-order valence-electron chi connectivity index (χ2n) is 4.31. The van der Waals surface area contributed by atoms with E-state index in [1.54, 1.807) is 0 Å². The van der Waals surface area contributed by atoms with Crippen LogP contribution in [0.1, 0.15) is 10.7 Å². The van der Waals surface area contributed by atoms with E-state index in [1.807, 2.05) is 12.3 Å². The number of rotatable bonds is 5. The summed E-state index contributed by atoms with van der Waals surface area (Å²) in [6.07, 6.45) is 0.484. The van der Waals surface area contributed by atoms with Gasteiger partial charge in [0.2, 0.25) is 10.0 Å². The second-order valence-corrected chi connectivity index (χ2v) is 7.96. The molecule has 0 saturated heterocycles. The van der Waals surface area contributed by atoms with Crippen LogP contribution in [0.4, 0.5) is 10.1 Å². The van der Waals surface area contributed by atoms with Crippen LogP contribution in [0.15, 0.2) is 26.9 Å². The number of aryl methyl sites for hydroxylation is 1. The van der Waals surface area contributed by atoms with E-state index in [4.69, 9.17) is 5.73 Å². The molecule has 1 aromatic carbocycles. The van der Waals surface area contributed by atoms with Crippen molar-refractivity contribution in [3.63, 3.8) is 0 Å². The summed E-state index contributed by atoms with van der Waals surface area (Å²) in [7, 11) is -3.76. The Kier molecular flexibility index (Phi) is 4.97. The first-order valence-electron chi connectivity index (χ1n) is 5.95. The number of thiazole rings is 1. The number of benzene rings is 1. The number of nitrogens with two attached hydrogens (primary N) is 1. The lowest BCUT2D eigenvalue weighted by molar-refractivity contribution is 0.580. The normalized spacial score (nSPS) is 11.8. The fraction of sp³-hybridized carbons (Fsp3) is 0.250. The molecule has 1 aromatic heterocycles. The molecule has 0 atom stereocenters. The molecule has 9 heteroatoms. The van der Waals surface area contributed by atoms with E-state index in [2.05, 4.69) is 25.6 Å². The van der Waals surface area contributed by atoms with Crippen molar-refractivity contribution in [3.05, 3.63) is 38.5 Å². The van der Waals surface area contributed by atoms with Gasteiger partial charge >= 0.3 is 0 Å². The molecule has 0 saturated carbocycles. The SMILES string of the molecule is Cc1nc(CCNS(=O)(=O)c2cc(N)c(F)cc2Br)cs1. The van der Waals surface area contributed by atoms with Crippen LogP contribution >= 0.6 is 27.3 Å². The average Bonchev–Trinajstić information content (AvgIpc) is 2.79. The number of nitrogen functional groups attached to an aromatic ring is 1. The van der Waals surface area contributed by atoms with Crippen molar-refractivity contribution in [3.8, 4) is 0 Å². The molecule has 0 radical (unpaired) electrons. The van der Waals surface area contributed by atoms with Crippen molar-refractivity contribution < 1.29 is 12.8 Å². The van der Waals surface area contributed by atoms with Crippen molar-refractivity contribution in [2.75, 3.05) is 12.3 Å². The lowest BCUT2D eigenvalue weighted by Gasteiger charge is -2.09. The lowest BCUT2D eigenvalue weighted by Crippen LogP contribution is -2.26. The Balaban J connectivity index is 2.10. The van der Waals surface area contributed by atoms with Gasteiger partial charge in [0, 0.05) is 22.8 Å². The van der Waals surface area contributed by atoms with Crippen LogP contribution in [0, 0.1) is 12.7 Å². The highest BCUT2D eigenvalue weighted by molar-refractivity contribution is 9.10. The van der Waals surface area contributed by atoms with Gasteiger partial charge in [-0.3, -0.25) is 0 Å². The summed E-state index contributed by atoms with van der Waals surface area (Å²) < 4.78 is 40.2. The zero-order valence-electron chi connectivity index (χ0n) is 11.1. The van der Waals surface area contributed by atoms with Gasteiger partial charge in [0.1, 0.15) is 5.82 Å². The van der Waals surface area contributed by atoms with E-state index in [9.17, 15) is 12.8 Å². The van der Waals surface area contributed by atoms with Crippen molar-refractivity contribution in [1.82, 2.24) is 9.71 Å². The van der Waals surface area contributed by atoms with Gasteiger partial charge < -0.3 is 5.73 Å². The summed E-state index contributed by atoms with van der Waals surface area (Å²) >= 11 is 4.54. The summed E-state index contributed by atoms with van der Waals surface area (Å²) in [6, 6.07) is 2.13. The fourth-order valence-electron chi connectivity index (χ4n) is 1.67. The summed E-state index contributed by atoms with van der Waals surface area (Å²) in [5, 5.41) is 2.82. The van der Waals surface area contributed by atoms with Gasteiger partial charge in [-0.15, -0.1) is 11.3 Å². The molecule has 0 bridgehead atoms. The van der Waals surface area contributed by atoms with E-state index in [0.717, 1.165) is 22.8 Å². The smallest absolute Gasteiger partial charge is 0.241 e. The molecule has 0 fully saturated rings. The Morgan fingerprint density at radius 2 is 2.19 bits per heavy atom. The van der Waals surface area contributed by atoms with E-state index < -0.39 is 15.8 Å². The minimum atomic E-state index is -3.76. The molecule has 0 spiro atoms. The first kappa shape index (κ1) is 16.3. The number of anilines is 1. The number of hydrogen-bond donors (Lipinski definition) is 2. The van der Waals surface area contributed by atoms with Crippen molar-refractivity contribution in [2.24, 2.45) is 0 Å². The monoisotopic (exact) mass is 393 g/mol. The molecule has 2 rings (SSSR count). The van der Waals surface area contributed by atoms with Crippen LogP contribution in [0.2, 0.25) is 0 Å². The predicted molar refractivity (Wildman–Crippen MR) is 84.3 cm³/mol. The summed E-state index contributed by atoms with van der Waals surface area (Å²) in [6.45, 7) is 2.09. The number of sulfonamides is 1. The van der Waals surface area contributed by atoms with Crippen molar-refractivity contribution >= 4 is 43.0 Å². The number of halogens is 2.